The lowest BCUT2D eigenvalue weighted by atomic mass is 9.46. The molecule has 0 radical (unpaired) electrons. The van der Waals surface area contributed by atoms with Gasteiger partial charge < -0.3 is 28.3 Å². The van der Waals surface area contributed by atoms with E-state index in [0.29, 0.717) is 31.7 Å². The van der Waals surface area contributed by atoms with Gasteiger partial charge in [-0.2, -0.15) is 0 Å². The van der Waals surface area contributed by atoms with E-state index in [9.17, 15) is 19.2 Å². The molecule has 1 N–H and O–H groups in total. The number of carbonyl (C=O) groups is 2. The Morgan fingerprint density at radius 3 is 2.08 bits per heavy atom. The molecule has 4 atom stereocenters. The molecule has 4 aliphatic carbocycles. The number of aryl methyl sites for hydroxylation is 1. The maximum atomic E-state index is 14.4. The van der Waals surface area contributed by atoms with Gasteiger partial charge in [-0.3, -0.25) is 19.2 Å². The van der Waals surface area contributed by atoms with Gasteiger partial charge in [0.1, 0.15) is 31.1 Å². The van der Waals surface area contributed by atoms with Gasteiger partial charge in [-0.25, -0.2) is 14.4 Å². The molecule has 10 rings (SSSR count). The summed E-state index contributed by atoms with van der Waals surface area (Å²) in [5.74, 6) is 4.94. The summed E-state index contributed by atoms with van der Waals surface area (Å²) in [5, 5.41) is 1.75. The summed E-state index contributed by atoms with van der Waals surface area (Å²) in [6.45, 7) is 14.4. The van der Waals surface area contributed by atoms with E-state index in [4.69, 9.17) is 29.8 Å². The summed E-state index contributed by atoms with van der Waals surface area (Å²) in [6.07, 6.45) is 14.3. The first-order valence-corrected chi connectivity index (χ1v) is 28.2. The number of aromatic amines is 1. The molecule has 6 fully saturated rings. The number of aromatic nitrogens is 2. The molecule has 4 bridgehead atoms. The van der Waals surface area contributed by atoms with Crippen molar-refractivity contribution >= 4 is 30.9 Å². The summed E-state index contributed by atoms with van der Waals surface area (Å²) < 4.78 is 33.9. The van der Waals surface area contributed by atoms with Crippen LogP contribution in [0.4, 0.5) is 9.59 Å². The molecule has 384 valence electrons. The number of likely N-dealkylation sites (tertiary alicyclic amines) is 1. The molecular weight excluding hydrogens is 925 g/mol. The summed E-state index contributed by atoms with van der Waals surface area (Å²) in [6, 6.07) is 28.2. The van der Waals surface area contributed by atoms with Crippen molar-refractivity contribution in [3.8, 4) is 12.3 Å². The van der Waals surface area contributed by atoms with Gasteiger partial charge in [-0.1, -0.05) is 99.5 Å². The Morgan fingerprint density at radius 1 is 0.861 bits per heavy atom. The minimum Gasteiger partial charge on any atom is -0.443 e. The Labute approximate surface area is 426 Å². The lowest BCUT2D eigenvalue weighted by Gasteiger charge is -2.61. The first-order chi connectivity index (χ1) is 34.5. The molecule has 3 aromatic carbocycles. The highest BCUT2D eigenvalue weighted by atomic mass is 28.4. The lowest BCUT2D eigenvalue weighted by Crippen LogP contribution is -2.68. The number of H-pyrrole nitrogens is 1. The number of benzene rings is 3. The number of hydrogen-bond donors (Lipinski definition) is 1. The molecule has 72 heavy (non-hydrogen) atoms. The Balaban J connectivity index is 0.896. The molecule has 4 aromatic rings. The summed E-state index contributed by atoms with van der Waals surface area (Å²) in [5.41, 5.74) is 0.589. The first-order valence-electron chi connectivity index (χ1n) is 26.3. The fourth-order valence-electron chi connectivity index (χ4n) is 13.5. The van der Waals surface area contributed by atoms with Crippen LogP contribution in [0.15, 0.2) is 101 Å². The molecule has 1 aromatic heterocycles. The third-order valence-corrected chi connectivity index (χ3v) is 22.0. The molecule has 4 saturated carbocycles. The topological polar surface area (TPSA) is 142 Å². The molecule has 2 aliphatic heterocycles. The average molecular weight is 999 g/mol. The highest BCUT2D eigenvalue weighted by molar-refractivity contribution is 6.99. The molecular formula is C58H74N4O9Si. The Hall–Kier alpha value is -5.46. The second-order valence-electron chi connectivity index (χ2n) is 23.1. The Bertz CT molecular complexity index is 2620. The van der Waals surface area contributed by atoms with Crippen LogP contribution >= 0.6 is 0 Å². The smallest absolute Gasteiger partial charge is 0.443 e. The number of amides is 1. The van der Waals surface area contributed by atoms with E-state index in [1.165, 1.54) is 30.0 Å². The van der Waals surface area contributed by atoms with Crippen LogP contribution in [0, 0.1) is 42.4 Å². The van der Waals surface area contributed by atoms with E-state index in [1.54, 1.807) is 6.92 Å². The minimum atomic E-state index is -3.15. The number of terminal acetylenes is 1. The molecule has 2 unspecified atom stereocenters. The highest BCUT2D eigenvalue weighted by Crippen LogP contribution is 2.64. The SMILES string of the molecule is C#Cc1ccc(CN(CCOC(=O)OC[C@H]2O[C@@H](n3cc(C)c(=O)[nH]c3=O)CC2O[Si](c2ccccc2)(c2ccccc2)C(C)(C)C)CC2CCCCN2C(=O)OC(C)(C)C23CC4CC(CC(C4)C2)C3)cc1. The molecule has 1 amide bonds. The number of nitrogens with one attached hydrogen (secondary N) is 1. The van der Waals surface area contributed by atoms with Crippen molar-refractivity contribution < 1.29 is 33.0 Å². The zero-order valence-corrected chi connectivity index (χ0v) is 44.1. The molecule has 14 heteroatoms. The largest absolute Gasteiger partial charge is 0.508 e. The molecule has 0 spiro atoms. The van der Waals surface area contributed by atoms with Crippen molar-refractivity contribution in [2.75, 3.05) is 32.8 Å². The zero-order chi connectivity index (χ0) is 50.8. The van der Waals surface area contributed by atoms with Crippen LogP contribution in [-0.4, -0.2) is 96.6 Å². The fourth-order valence-corrected chi connectivity index (χ4v) is 18.2. The lowest BCUT2D eigenvalue weighted by molar-refractivity contribution is -0.168. The first kappa shape index (κ1) is 51.4. The third-order valence-electron chi connectivity index (χ3n) is 16.9. The van der Waals surface area contributed by atoms with Crippen LogP contribution in [0.25, 0.3) is 0 Å². The standard InChI is InChI=1S/C58H74N4O9Si/c1-8-41-22-24-42(25-23-41)37-60(38-46-17-15-16-26-61(46)54(65)70-57(6,7)58-33-43-29-44(34-58)31-45(30-43)35-58)27-28-67-55(66)68-39-50-49(32-51(69-50)62-36-40(2)52(63)59-53(62)64)71-72(56(3,4)5,47-18-11-9-12-19-47)48-20-13-10-14-21-48/h1,9-14,18-25,36,43-46,49-51H,15-17,26-35,37-39H2,2-7H3,(H,59,63,64)/t43?,44?,45?,46?,49?,50-,51-,58?/m1/s1. The van der Waals surface area contributed by atoms with Gasteiger partial charge in [0.05, 0.1) is 6.10 Å². The fraction of sp³-hybridized carbons (Fsp3) is 0.552. The second kappa shape index (κ2) is 21.2. The van der Waals surface area contributed by atoms with E-state index in [-0.39, 0.29) is 42.2 Å². The number of piperidine rings is 1. The van der Waals surface area contributed by atoms with Crippen molar-refractivity contribution in [3.63, 3.8) is 0 Å². The van der Waals surface area contributed by atoms with E-state index in [1.807, 2.05) is 65.6 Å². The van der Waals surface area contributed by atoms with Gasteiger partial charge in [-0.15, -0.1) is 6.42 Å². The van der Waals surface area contributed by atoms with Gasteiger partial charge in [0.25, 0.3) is 13.9 Å². The van der Waals surface area contributed by atoms with E-state index in [2.05, 4.69) is 74.7 Å². The molecule has 13 nitrogen and oxygen atoms in total. The zero-order valence-electron chi connectivity index (χ0n) is 43.1. The van der Waals surface area contributed by atoms with E-state index < -0.39 is 49.8 Å². The van der Waals surface area contributed by atoms with Crippen LogP contribution < -0.4 is 21.6 Å². The second-order valence-corrected chi connectivity index (χ2v) is 27.3. The van der Waals surface area contributed by atoms with Crippen LogP contribution in [0.2, 0.25) is 5.04 Å². The van der Waals surface area contributed by atoms with Gasteiger partial charge in [0.2, 0.25) is 0 Å². The number of carbonyl (C=O) groups excluding carboxylic acids is 2. The van der Waals surface area contributed by atoms with Crippen LogP contribution in [-0.2, 0) is 29.9 Å². The Morgan fingerprint density at radius 2 is 1.49 bits per heavy atom. The third kappa shape index (κ3) is 10.8. The van der Waals surface area contributed by atoms with Crippen molar-refractivity contribution in [2.45, 2.75) is 147 Å². The highest BCUT2D eigenvalue weighted by Gasteiger charge is 2.59. The van der Waals surface area contributed by atoms with Gasteiger partial charge in [0, 0.05) is 61.4 Å². The molecule has 2 saturated heterocycles. The predicted octanol–water partition coefficient (Wildman–Crippen LogP) is 8.70. The van der Waals surface area contributed by atoms with Crippen molar-refractivity contribution in [1.82, 2.24) is 19.4 Å². The number of rotatable bonds is 16. The minimum absolute atomic E-state index is 0.0275. The number of nitrogens with zero attached hydrogens (tertiary/aromatic N) is 3. The van der Waals surface area contributed by atoms with Crippen molar-refractivity contribution in [3.05, 3.63) is 129 Å². The predicted molar refractivity (Wildman–Crippen MR) is 280 cm³/mol. The van der Waals surface area contributed by atoms with E-state index >= 15 is 0 Å². The maximum absolute atomic E-state index is 14.4. The van der Waals surface area contributed by atoms with E-state index in [0.717, 1.165) is 77.8 Å². The normalized spacial score (nSPS) is 26.1. The van der Waals surface area contributed by atoms with Crippen molar-refractivity contribution in [2.24, 2.45) is 23.2 Å². The van der Waals surface area contributed by atoms with Crippen LogP contribution in [0.3, 0.4) is 0 Å². The van der Waals surface area contributed by atoms with Crippen LogP contribution in [0.5, 0.6) is 0 Å². The van der Waals surface area contributed by atoms with Gasteiger partial charge >= 0.3 is 17.9 Å². The summed E-state index contributed by atoms with van der Waals surface area (Å²) >= 11 is 0. The number of ether oxygens (including phenoxy) is 4. The van der Waals surface area contributed by atoms with Gasteiger partial charge in [0.15, 0.2) is 0 Å². The van der Waals surface area contributed by atoms with Crippen molar-refractivity contribution in [1.29, 1.82) is 0 Å². The Kier molecular flexibility index (Phi) is 15.1. The molecule has 3 heterocycles. The molecule has 6 aliphatic rings. The maximum Gasteiger partial charge on any atom is 0.508 e. The quantitative estimate of drug-likeness (QED) is 0.0659. The number of hydrogen-bond acceptors (Lipinski definition) is 10. The van der Waals surface area contributed by atoms with Gasteiger partial charge in [-0.05, 0) is 129 Å². The van der Waals surface area contributed by atoms with Crippen LogP contribution in [0.1, 0.15) is 122 Å². The summed E-state index contributed by atoms with van der Waals surface area (Å²) in [4.78, 5) is 60.3. The monoisotopic (exact) mass is 999 g/mol. The average Bonchev–Trinajstić information content (AvgIpc) is 3.75. The summed E-state index contributed by atoms with van der Waals surface area (Å²) in [7, 11) is -3.15.